The summed E-state index contributed by atoms with van der Waals surface area (Å²) in [5, 5.41) is 9.77. The fourth-order valence-electron chi connectivity index (χ4n) is 1.71. The molecule has 0 fully saturated rings. The first-order valence-electron chi connectivity index (χ1n) is 6.54. The molecule has 0 aliphatic rings. The predicted molar refractivity (Wildman–Crippen MR) is 72.8 cm³/mol. The van der Waals surface area contributed by atoms with Crippen LogP contribution in [0.3, 0.4) is 0 Å². The third-order valence-electron chi connectivity index (χ3n) is 3.05. The zero-order valence-corrected chi connectivity index (χ0v) is 11.8. The summed E-state index contributed by atoms with van der Waals surface area (Å²) in [6.07, 6.45) is 0.873. The molecule has 0 spiro atoms. The van der Waals surface area contributed by atoms with Crippen LogP contribution in [0.2, 0.25) is 0 Å². The molecule has 0 heterocycles. The lowest BCUT2D eigenvalue weighted by Gasteiger charge is -2.11. The Morgan fingerprint density at radius 1 is 1.32 bits per heavy atom. The maximum atomic E-state index is 11.4. The summed E-state index contributed by atoms with van der Waals surface area (Å²) < 4.78 is 9.97. The fraction of sp³-hybridized carbons (Fsp3) is 0.533. The minimum Gasteiger partial charge on any atom is -0.464 e. The van der Waals surface area contributed by atoms with Crippen molar-refractivity contribution in [3.05, 3.63) is 35.4 Å². The molecule has 1 N–H and O–H groups in total. The standard InChI is InChI=1S/C15H22O4/c1-4-19-15(17)14(16)13-9-7-12(8-10-13)6-5-11(2)18-3/h7-11,14,16H,4-6H2,1-3H3. The van der Waals surface area contributed by atoms with E-state index in [1.54, 1.807) is 26.2 Å². The summed E-state index contributed by atoms with van der Waals surface area (Å²) in [5.41, 5.74) is 1.71. The average Bonchev–Trinajstić information content (AvgIpc) is 2.44. The molecule has 0 saturated heterocycles. The van der Waals surface area contributed by atoms with E-state index in [2.05, 4.69) is 0 Å². The molecule has 2 unspecified atom stereocenters. The van der Waals surface area contributed by atoms with Crippen molar-refractivity contribution in [1.29, 1.82) is 0 Å². The minimum atomic E-state index is -1.20. The van der Waals surface area contributed by atoms with E-state index in [0.29, 0.717) is 5.56 Å². The predicted octanol–water partition coefficient (Wildman–Crippen LogP) is 2.25. The monoisotopic (exact) mass is 266 g/mol. The summed E-state index contributed by atoms with van der Waals surface area (Å²) in [4.78, 5) is 11.4. The normalized spacial score (nSPS) is 13.9. The van der Waals surface area contributed by atoms with Crippen LogP contribution in [0.25, 0.3) is 0 Å². The zero-order chi connectivity index (χ0) is 14.3. The van der Waals surface area contributed by atoms with Gasteiger partial charge in [0.05, 0.1) is 12.7 Å². The van der Waals surface area contributed by atoms with Crippen LogP contribution in [0.5, 0.6) is 0 Å². The van der Waals surface area contributed by atoms with Crippen molar-refractivity contribution in [3.63, 3.8) is 0 Å². The Morgan fingerprint density at radius 3 is 2.47 bits per heavy atom. The van der Waals surface area contributed by atoms with Gasteiger partial charge < -0.3 is 14.6 Å². The number of ether oxygens (including phenoxy) is 2. The largest absolute Gasteiger partial charge is 0.464 e. The van der Waals surface area contributed by atoms with Gasteiger partial charge in [-0.1, -0.05) is 24.3 Å². The quantitative estimate of drug-likeness (QED) is 0.769. The molecule has 19 heavy (non-hydrogen) atoms. The Morgan fingerprint density at radius 2 is 1.95 bits per heavy atom. The Hall–Kier alpha value is -1.39. The molecule has 0 radical (unpaired) electrons. The van der Waals surface area contributed by atoms with Crippen LogP contribution in [0.15, 0.2) is 24.3 Å². The van der Waals surface area contributed by atoms with E-state index in [1.165, 1.54) is 0 Å². The van der Waals surface area contributed by atoms with E-state index in [4.69, 9.17) is 9.47 Å². The smallest absolute Gasteiger partial charge is 0.339 e. The van der Waals surface area contributed by atoms with Gasteiger partial charge in [-0.15, -0.1) is 0 Å². The maximum absolute atomic E-state index is 11.4. The fourth-order valence-corrected chi connectivity index (χ4v) is 1.71. The first-order valence-corrected chi connectivity index (χ1v) is 6.54. The molecular weight excluding hydrogens is 244 g/mol. The second-order valence-corrected chi connectivity index (χ2v) is 4.48. The van der Waals surface area contributed by atoms with E-state index in [-0.39, 0.29) is 12.7 Å². The number of carbonyl (C=O) groups excluding carboxylic acids is 1. The van der Waals surface area contributed by atoms with Gasteiger partial charge in [0, 0.05) is 7.11 Å². The van der Waals surface area contributed by atoms with Gasteiger partial charge in [0.1, 0.15) is 0 Å². The molecule has 4 heteroatoms. The van der Waals surface area contributed by atoms with Gasteiger partial charge in [-0.2, -0.15) is 0 Å². The van der Waals surface area contributed by atoms with Crippen molar-refractivity contribution < 1.29 is 19.4 Å². The van der Waals surface area contributed by atoms with E-state index in [9.17, 15) is 9.90 Å². The highest BCUT2D eigenvalue weighted by Crippen LogP contribution is 2.16. The Kier molecular flexibility index (Phi) is 6.53. The van der Waals surface area contributed by atoms with E-state index >= 15 is 0 Å². The molecule has 106 valence electrons. The second kappa shape index (κ2) is 7.92. The Balaban J connectivity index is 2.58. The summed E-state index contributed by atoms with van der Waals surface area (Å²) in [7, 11) is 1.70. The average molecular weight is 266 g/mol. The first kappa shape index (κ1) is 15.7. The summed E-state index contributed by atoms with van der Waals surface area (Å²) in [6.45, 7) is 4.01. The van der Waals surface area contributed by atoms with E-state index in [0.717, 1.165) is 18.4 Å². The zero-order valence-electron chi connectivity index (χ0n) is 11.8. The van der Waals surface area contributed by atoms with Crippen LogP contribution in [0.1, 0.15) is 37.5 Å². The number of rotatable bonds is 7. The number of hydrogen-bond donors (Lipinski definition) is 1. The third kappa shape index (κ3) is 5.01. The van der Waals surface area contributed by atoms with Gasteiger partial charge >= 0.3 is 5.97 Å². The van der Waals surface area contributed by atoms with Gasteiger partial charge in [0.25, 0.3) is 0 Å². The highest BCUT2D eigenvalue weighted by atomic mass is 16.5. The molecule has 0 aliphatic heterocycles. The molecule has 0 aliphatic carbocycles. The van der Waals surface area contributed by atoms with Gasteiger partial charge in [-0.3, -0.25) is 0 Å². The lowest BCUT2D eigenvalue weighted by molar-refractivity contribution is -0.153. The summed E-state index contributed by atoms with van der Waals surface area (Å²) >= 11 is 0. The van der Waals surface area contributed by atoms with Crippen LogP contribution >= 0.6 is 0 Å². The number of aryl methyl sites for hydroxylation is 1. The maximum Gasteiger partial charge on any atom is 0.339 e. The van der Waals surface area contributed by atoms with Crippen LogP contribution < -0.4 is 0 Å². The Bertz CT molecular complexity index is 386. The van der Waals surface area contributed by atoms with Gasteiger partial charge in [0.15, 0.2) is 6.10 Å². The van der Waals surface area contributed by atoms with Gasteiger partial charge in [-0.05, 0) is 37.8 Å². The number of carbonyl (C=O) groups is 1. The van der Waals surface area contributed by atoms with Crippen molar-refractivity contribution in [2.24, 2.45) is 0 Å². The molecule has 1 rings (SSSR count). The molecule has 1 aromatic carbocycles. The number of hydrogen-bond acceptors (Lipinski definition) is 4. The number of aliphatic hydroxyl groups excluding tert-OH is 1. The molecule has 0 aromatic heterocycles. The van der Waals surface area contributed by atoms with Crippen molar-refractivity contribution in [1.82, 2.24) is 0 Å². The molecule has 4 nitrogen and oxygen atoms in total. The molecule has 0 amide bonds. The third-order valence-corrected chi connectivity index (χ3v) is 3.05. The molecular formula is C15H22O4. The number of aliphatic hydroxyl groups is 1. The molecule has 2 atom stereocenters. The van der Waals surface area contributed by atoms with Crippen LogP contribution in [-0.2, 0) is 20.7 Å². The van der Waals surface area contributed by atoms with Crippen molar-refractivity contribution >= 4 is 5.97 Å². The SMILES string of the molecule is CCOC(=O)C(O)c1ccc(CCC(C)OC)cc1. The number of methoxy groups -OCH3 is 1. The minimum absolute atomic E-state index is 0.227. The number of benzene rings is 1. The van der Waals surface area contributed by atoms with Crippen molar-refractivity contribution in [2.45, 2.75) is 38.9 Å². The van der Waals surface area contributed by atoms with Crippen molar-refractivity contribution in [3.8, 4) is 0 Å². The van der Waals surface area contributed by atoms with Gasteiger partial charge in [-0.25, -0.2) is 4.79 Å². The first-order chi connectivity index (χ1) is 9.08. The van der Waals surface area contributed by atoms with Crippen LogP contribution in [0.4, 0.5) is 0 Å². The highest BCUT2D eigenvalue weighted by molar-refractivity contribution is 5.76. The van der Waals surface area contributed by atoms with Crippen LogP contribution in [-0.4, -0.2) is 30.9 Å². The van der Waals surface area contributed by atoms with Gasteiger partial charge in [0.2, 0.25) is 0 Å². The van der Waals surface area contributed by atoms with E-state index in [1.807, 2.05) is 19.1 Å². The van der Waals surface area contributed by atoms with E-state index < -0.39 is 12.1 Å². The molecule has 1 aromatic rings. The summed E-state index contributed by atoms with van der Waals surface area (Å²) in [5.74, 6) is -0.608. The topological polar surface area (TPSA) is 55.8 Å². The molecule has 0 bridgehead atoms. The second-order valence-electron chi connectivity index (χ2n) is 4.48. The lowest BCUT2D eigenvalue weighted by atomic mass is 10.0. The molecule has 0 saturated carbocycles. The summed E-state index contributed by atoms with van der Waals surface area (Å²) in [6, 6.07) is 7.35. The number of esters is 1. The Labute approximate surface area is 114 Å². The van der Waals surface area contributed by atoms with Crippen LogP contribution in [0, 0.1) is 0 Å². The highest BCUT2D eigenvalue weighted by Gasteiger charge is 2.18. The van der Waals surface area contributed by atoms with Crippen molar-refractivity contribution in [2.75, 3.05) is 13.7 Å². The lowest BCUT2D eigenvalue weighted by Crippen LogP contribution is -2.15.